The highest BCUT2D eigenvalue weighted by Gasteiger charge is 2.53. The first kappa shape index (κ1) is 74.8. The molecule has 473 valence electrons. The zero-order chi connectivity index (χ0) is 67.9. The fraction of sp³-hybridized carbons (Fsp3) is 0.237. The number of pyridine rings is 7. The van der Waals surface area contributed by atoms with Crippen LogP contribution in [0.25, 0.3) is 44.8 Å². The molecule has 0 aromatic carbocycles. The summed E-state index contributed by atoms with van der Waals surface area (Å²) in [6.07, 6.45) is 10.9. The topological polar surface area (TPSA) is 258 Å². The minimum absolute atomic E-state index is 0.0324. The molecule has 31 heteroatoms. The van der Waals surface area contributed by atoms with Crippen molar-refractivity contribution in [1.82, 2.24) is 54.9 Å². The molecule has 1 aliphatic heterocycles. The third-order valence-electron chi connectivity index (χ3n) is 12.0. The van der Waals surface area contributed by atoms with Crippen LogP contribution >= 0.6 is 114 Å². The Kier molecular flexibility index (Phi) is 30.2. The molecule has 90 heavy (non-hydrogen) atoms. The maximum absolute atomic E-state index is 11.8. The van der Waals surface area contributed by atoms with Gasteiger partial charge in [0.2, 0.25) is 0 Å². The summed E-state index contributed by atoms with van der Waals surface area (Å²) >= 11 is 29.5. The van der Waals surface area contributed by atoms with E-state index in [4.69, 9.17) is 63.8 Å². The molecule has 10 aromatic heterocycles. The fourth-order valence-corrected chi connectivity index (χ4v) is 8.65. The van der Waals surface area contributed by atoms with Crippen LogP contribution in [0.5, 0.6) is 0 Å². The van der Waals surface area contributed by atoms with Gasteiger partial charge in [-0.15, -0.1) is 0 Å². The lowest BCUT2D eigenvalue weighted by molar-refractivity contribution is 0.00578. The molecule has 3 amide bonds. The molecular weight excluding hydrogens is 1550 g/mol. The van der Waals surface area contributed by atoms with Crippen LogP contribution in [0.3, 0.4) is 0 Å². The van der Waals surface area contributed by atoms with E-state index < -0.39 is 24.3 Å². The minimum atomic E-state index is -0.958. The molecule has 1 saturated heterocycles. The summed E-state index contributed by atoms with van der Waals surface area (Å²) in [5.41, 5.74) is 6.30. The van der Waals surface area contributed by atoms with E-state index in [9.17, 15) is 19.2 Å². The largest absolute Gasteiger partial charge is 0.532 e. The van der Waals surface area contributed by atoms with Crippen molar-refractivity contribution >= 4 is 192 Å². The molecule has 10 aromatic rings. The van der Waals surface area contributed by atoms with Crippen LogP contribution in [0, 0.1) is 3.77 Å². The molecular formula is C59H62B2Br3Cl3IN11O10P. The zero-order valence-electron chi connectivity index (χ0n) is 51.6. The van der Waals surface area contributed by atoms with Gasteiger partial charge in [-0.25, -0.2) is 19.7 Å². The summed E-state index contributed by atoms with van der Waals surface area (Å²) in [5, 5.41) is 12.8. The van der Waals surface area contributed by atoms with E-state index >= 15 is 0 Å². The Labute approximate surface area is 579 Å². The van der Waals surface area contributed by atoms with Crippen molar-refractivity contribution in [1.29, 1.82) is 1.34 Å². The first-order valence-electron chi connectivity index (χ1n) is 26.8. The first-order chi connectivity index (χ1) is 42.9. The molecule has 1 fully saturated rings. The number of halogens is 7. The summed E-state index contributed by atoms with van der Waals surface area (Å²) in [7, 11) is 16.8. The number of carbonyl (C=O) groups excluding carboxylic acids is 3. The second-order valence-corrected chi connectivity index (χ2v) is 24.6. The molecule has 0 saturated carbocycles. The summed E-state index contributed by atoms with van der Waals surface area (Å²) in [6.45, 7) is 8.00. The average Bonchev–Trinajstić information content (AvgIpc) is 1.65. The summed E-state index contributed by atoms with van der Waals surface area (Å²) in [4.78, 5) is 77.7. The number of hydrogen-bond donors (Lipinski definition) is 2. The number of fused-ring (bicyclic) bond motifs is 3. The van der Waals surface area contributed by atoms with Gasteiger partial charge < -0.3 is 47.7 Å². The van der Waals surface area contributed by atoms with Crippen molar-refractivity contribution in [2.45, 2.75) is 38.9 Å². The molecule has 11 heterocycles. The number of furan rings is 3. The number of aromatic carboxylic acids is 1. The highest BCUT2D eigenvalue weighted by atomic mass is 127. The standard InChI is InChI=1S/C15H12ClN3O2.C13H15BClNO3.2C8H9BrN2O.C7H3ClINO.C6H4BrNO2.C2H7N.BH3P/c1-19(2)15(20)9-3-4-11(18-8-9)13-7-12-14(21-13)10(16)5-6-17-12;1-12(2)13(3,4)19-14(18-12)10-7-9-11(17-10)8(15)5-6-16-9;2*1-11(2)8(12)6-3-4-7(9)10-5-6;8-4-1-2-10-5-3-6(9)11-7(4)5;7-5-2-1-4(3-8-5)6(9)10;1-3-2;1-2/h3-8H,1-2H3;5-7H,1-4H3;2*3-5H,1-2H3;1-3H;1-3H,(H,9,10);3H,1-2H3;1H,2H2/i;;;;;;;1D. The number of amides is 3. The Bertz CT molecular complexity index is 3920. The Morgan fingerprint density at radius 1 is 0.567 bits per heavy atom. The van der Waals surface area contributed by atoms with Gasteiger partial charge in [0.05, 0.1) is 48.5 Å². The second kappa shape index (κ2) is 36.3. The highest BCUT2D eigenvalue weighted by molar-refractivity contribution is 14.1. The minimum Gasteiger partial charge on any atom is -0.478 e. The van der Waals surface area contributed by atoms with Crippen molar-refractivity contribution in [3.8, 4) is 11.5 Å². The van der Waals surface area contributed by atoms with Crippen molar-refractivity contribution in [2.75, 3.05) is 56.4 Å². The number of carboxylic acids is 1. The second-order valence-electron chi connectivity index (χ2n) is 19.9. The van der Waals surface area contributed by atoms with E-state index in [1.807, 2.05) is 53.9 Å². The fourth-order valence-electron chi connectivity index (χ4n) is 6.86. The van der Waals surface area contributed by atoms with E-state index in [2.05, 4.69) is 120 Å². The zero-order valence-corrected chi connectivity index (χ0v) is 60.9. The monoisotopic (exact) mass is 1610 g/mol. The van der Waals surface area contributed by atoms with Crippen molar-refractivity contribution in [3.05, 3.63) is 183 Å². The summed E-state index contributed by atoms with van der Waals surface area (Å²) in [6, 6.07) is 24.0. The molecule has 1 atom stereocenters. The summed E-state index contributed by atoms with van der Waals surface area (Å²) in [5.74, 6) is -0.553. The predicted molar refractivity (Wildman–Crippen MR) is 377 cm³/mol. The molecule has 11 rings (SSSR count). The van der Waals surface area contributed by atoms with Gasteiger partial charge in [0.25, 0.3) is 17.7 Å². The van der Waals surface area contributed by atoms with Gasteiger partial charge in [-0.3, -0.25) is 34.3 Å². The number of aromatic nitrogens is 7. The number of hydrogen-bond acceptors (Lipinski definition) is 17. The molecule has 21 nitrogen and oxygen atoms in total. The lowest BCUT2D eigenvalue weighted by atomic mass is 9.86. The van der Waals surface area contributed by atoms with Crippen LogP contribution < -0.4 is 11.0 Å². The van der Waals surface area contributed by atoms with Crippen molar-refractivity contribution in [3.63, 3.8) is 0 Å². The number of nitrogens with zero attached hydrogens (tertiary/aromatic N) is 10. The number of carboxylic acid groups (broad SMARTS) is 1. The van der Waals surface area contributed by atoms with Crippen LogP contribution in [0.4, 0.5) is 0 Å². The van der Waals surface area contributed by atoms with Crippen LogP contribution in [-0.2, 0) is 9.31 Å². The third kappa shape index (κ3) is 22.4. The smallest absolute Gasteiger partial charge is 0.478 e. The number of rotatable bonds is 6. The predicted octanol–water partition coefficient (Wildman–Crippen LogP) is 13.3. The molecule has 1 radical (unpaired) electrons. The van der Waals surface area contributed by atoms with E-state index in [1.165, 1.54) is 40.7 Å². The lowest BCUT2D eigenvalue weighted by Crippen LogP contribution is -2.41. The van der Waals surface area contributed by atoms with Gasteiger partial charge in [-0.2, -0.15) is 9.12 Å². The highest BCUT2D eigenvalue weighted by Crippen LogP contribution is 2.37. The van der Waals surface area contributed by atoms with Crippen molar-refractivity contribution in [2.24, 2.45) is 0 Å². The van der Waals surface area contributed by atoms with Gasteiger partial charge in [0.15, 0.2) is 26.3 Å². The van der Waals surface area contributed by atoms with E-state index in [0.29, 0.717) is 81.3 Å². The Balaban J connectivity index is 0.000000234. The van der Waals surface area contributed by atoms with Gasteiger partial charge in [-0.1, -0.05) is 34.8 Å². The first-order valence-corrected chi connectivity index (χ1v) is 31.5. The van der Waals surface area contributed by atoms with Gasteiger partial charge in [0, 0.05) is 104 Å². The molecule has 1 unspecified atom stereocenters. The van der Waals surface area contributed by atoms with Crippen LogP contribution in [0.1, 0.15) is 69.1 Å². The normalized spacial score (nSPS) is 12.3. The molecule has 0 bridgehead atoms. The molecule has 0 aliphatic carbocycles. The third-order valence-corrected chi connectivity index (χ3v) is 14.8. The Morgan fingerprint density at radius 3 is 1.23 bits per heavy atom. The van der Waals surface area contributed by atoms with E-state index in [-0.39, 0.29) is 23.3 Å². The van der Waals surface area contributed by atoms with E-state index in [1.54, 1.807) is 140 Å². The average molecular weight is 1610 g/mol. The Hall–Kier alpha value is -5.97. The maximum atomic E-state index is 11.8. The van der Waals surface area contributed by atoms with Crippen LogP contribution in [0.15, 0.2) is 155 Å². The molecule has 0 spiro atoms. The maximum Gasteiger partial charge on any atom is 0.532 e. The number of carbonyl (C=O) groups is 4. The quantitative estimate of drug-likeness (QED) is 0.0678. The van der Waals surface area contributed by atoms with Crippen LogP contribution in [-0.4, -0.2) is 162 Å². The van der Waals surface area contributed by atoms with Gasteiger partial charge >= 0.3 is 13.1 Å². The van der Waals surface area contributed by atoms with Crippen LogP contribution in [0.2, 0.25) is 15.1 Å². The van der Waals surface area contributed by atoms with Gasteiger partial charge in [-0.05, 0) is 180 Å². The summed E-state index contributed by atoms with van der Waals surface area (Å²) < 4.78 is 37.5. The van der Waals surface area contributed by atoms with Gasteiger partial charge in [0.1, 0.15) is 49.2 Å². The number of nitrogens with one attached hydrogen (secondary N) is 1. The lowest BCUT2D eigenvalue weighted by Gasteiger charge is -2.32. The Morgan fingerprint density at radius 2 is 0.911 bits per heavy atom. The molecule has 2 N–H and O–H groups in total. The van der Waals surface area contributed by atoms with Crippen molar-refractivity contribution < 1.29 is 46.8 Å². The molecule has 1 aliphatic rings. The SMILES string of the molecule is CC1(C)OB(c2cc3nccc(Cl)c3o2)OC1(C)C.CN(C)C(=O)c1ccc(-c2cc3nccc(Cl)c3o2)nc1.CN(C)C(=O)c1ccc(Br)nc1.CN(C)C(=O)c1ccc(Br)nc1.CNC.Clc1ccnc2cc(I)oc12.O=C(O)c1ccc(Br)nc1.[2H][B]P. The van der Waals surface area contributed by atoms with E-state index in [0.717, 1.165) is 18.5 Å².